The van der Waals surface area contributed by atoms with E-state index in [-0.39, 0.29) is 0 Å². The lowest BCUT2D eigenvalue weighted by molar-refractivity contribution is 0.728. The third-order valence-electron chi connectivity index (χ3n) is 3.07. The summed E-state index contributed by atoms with van der Waals surface area (Å²) in [5.74, 6) is 0. The van der Waals surface area contributed by atoms with Crippen molar-refractivity contribution in [2.24, 2.45) is 0 Å². The number of aromatic nitrogens is 1. The number of nitrogens with one attached hydrogen (secondary N) is 1. The minimum absolute atomic E-state index is 0.949. The minimum atomic E-state index is 0.949. The Morgan fingerprint density at radius 2 is 1.88 bits per heavy atom. The summed E-state index contributed by atoms with van der Waals surface area (Å²) in [5.41, 5.74) is 4.20. The van der Waals surface area contributed by atoms with Gasteiger partial charge in [0.1, 0.15) is 0 Å². The second kappa shape index (κ2) is 5.69. The lowest BCUT2D eigenvalue weighted by Gasteiger charge is -2.10. The number of benzene rings is 1. The van der Waals surface area contributed by atoms with Crippen molar-refractivity contribution in [2.45, 2.75) is 26.4 Å². The van der Waals surface area contributed by atoms with Crippen molar-refractivity contribution >= 4 is 0 Å². The van der Waals surface area contributed by atoms with Crippen LogP contribution >= 0.6 is 0 Å². The molecule has 0 aliphatic heterocycles. The summed E-state index contributed by atoms with van der Waals surface area (Å²) in [5, 5.41) is 3.22. The Morgan fingerprint density at radius 3 is 2.53 bits per heavy atom. The van der Waals surface area contributed by atoms with Gasteiger partial charge in [-0.15, -0.1) is 0 Å². The van der Waals surface area contributed by atoms with Gasteiger partial charge in [0.2, 0.25) is 0 Å². The van der Waals surface area contributed by atoms with Crippen molar-refractivity contribution in [3.8, 4) is 0 Å². The van der Waals surface area contributed by atoms with Crippen LogP contribution in [0.3, 0.4) is 0 Å². The van der Waals surface area contributed by atoms with E-state index in [2.05, 4.69) is 59.4 Å². The van der Waals surface area contributed by atoms with Crippen molar-refractivity contribution in [1.82, 2.24) is 9.88 Å². The molecular formula is C15H20N2. The Kier molecular flexibility index (Phi) is 3.99. The molecule has 0 bridgehead atoms. The lowest BCUT2D eigenvalue weighted by Crippen LogP contribution is -2.09. The van der Waals surface area contributed by atoms with Crippen LogP contribution in [0, 0.1) is 0 Å². The molecule has 1 N–H and O–H groups in total. The van der Waals surface area contributed by atoms with Gasteiger partial charge in [0.25, 0.3) is 0 Å². The summed E-state index contributed by atoms with van der Waals surface area (Å²) in [6.45, 7) is 4.13. The van der Waals surface area contributed by atoms with Crippen LogP contribution < -0.4 is 5.32 Å². The smallest absolute Gasteiger partial charge is 0.0472 e. The van der Waals surface area contributed by atoms with Gasteiger partial charge in [-0.1, -0.05) is 37.3 Å². The van der Waals surface area contributed by atoms with Crippen LogP contribution in [0.1, 0.15) is 23.7 Å². The van der Waals surface area contributed by atoms with Gasteiger partial charge < -0.3 is 9.88 Å². The highest BCUT2D eigenvalue weighted by Gasteiger charge is 2.06. The fraction of sp³-hybridized carbons (Fsp3) is 0.333. The predicted octanol–water partition coefficient (Wildman–Crippen LogP) is 2.82. The summed E-state index contributed by atoms with van der Waals surface area (Å²) in [6, 6.07) is 12.8. The van der Waals surface area contributed by atoms with E-state index in [1.54, 1.807) is 0 Å². The maximum Gasteiger partial charge on any atom is 0.0472 e. The number of hydrogen-bond donors (Lipinski definition) is 1. The van der Waals surface area contributed by atoms with Crippen molar-refractivity contribution in [3.63, 3.8) is 0 Å². The Bertz CT molecular complexity index is 457. The largest absolute Gasteiger partial charge is 0.347 e. The molecule has 2 rings (SSSR count). The zero-order valence-electron chi connectivity index (χ0n) is 10.6. The molecule has 0 aliphatic carbocycles. The first-order valence-electron chi connectivity index (χ1n) is 6.20. The summed E-state index contributed by atoms with van der Waals surface area (Å²) >= 11 is 0. The van der Waals surface area contributed by atoms with Gasteiger partial charge in [-0.25, -0.2) is 0 Å². The molecule has 0 amide bonds. The van der Waals surface area contributed by atoms with Crippen LogP contribution in [0.25, 0.3) is 0 Å². The highest BCUT2D eigenvalue weighted by molar-refractivity contribution is 5.25. The third-order valence-corrected chi connectivity index (χ3v) is 3.07. The Labute approximate surface area is 103 Å². The Morgan fingerprint density at radius 1 is 1.12 bits per heavy atom. The third kappa shape index (κ3) is 2.77. The average molecular weight is 228 g/mol. The minimum Gasteiger partial charge on any atom is -0.347 e. The van der Waals surface area contributed by atoms with Crippen LogP contribution in [0.15, 0.2) is 42.6 Å². The fourth-order valence-corrected chi connectivity index (χ4v) is 2.26. The highest BCUT2D eigenvalue weighted by Crippen LogP contribution is 2.14. The van der Waals surface area contributed by atoms with Gasteiger partial charge >= 0.3 is 0 Å². The first-order chi connectivity index (χ1) is 8.35. The zero-order chi connectivity index (χ0) is 12.1. The van der Waals surface area contributed by atoms with E-state index in [9.17, 15) is 0 Å². The SMILES string of the molecule is CCc1c(CNC)ccn1Cc1ccccc1. The topological polar surface area (TPSA) is 17.0 Å². The van der Waals surface area contributed by atoms with Gasteiger partial charge in [0.15, 0.2) is 0 Å². The van der Waals surface area contributed by atoms with E-state index in [1.165, 1.54) is 16.8 Å². The van der Waals surface area contributed by atoms with Gasteiger partial charge in [-0.05, 0) is 30.7 Å². The maximum absolute atomic E-state index is 3.22. The Hall–Kier alpha value is -1.54. The molecular weight excluding hydrogens is 208 g/mol. The molecule has 0 saturated carbocycles. The van der Waals surface area contributed by atoms with Gasteiger partial charge in [0.05, 0.1) is 0 Å². The zero-order valence-corrected chi connectivity index (χ0v) is 10.6. The first-order valence-corrected chi connectivity index (χ1v) is 6.20. The van der Waals surface area contributed by atoms with E-state index < -0.39 is 0 Å². The van der Waals surface area contributed by atoms with Crippen LogP contribution in [0.4, 0.5) is 0 Å². The molecule has 17 heavy (non-hydrogen) atoms. The molecule has 0 unspecified atom stereocenters. The molecule has 0 spiro atoms. The highest BCUT2D eigenvalue weighted by atomic mass is 15.0. The van der Waals surface area contributed by atoms with E-state index in [0.29, 0.717) is 0 Å². The lowest BCUT2D eigenvalue weighted by atomic mass is 10.2. The molecule has 1 aromatic heterocycles. The van der Waals surface area contributed by atoms with E-state index in [4.69, 9.17) is 0 Å². The molecule has 0 fully saturated rings. The first kappa shape index (κ1) is 11.9. The predicted molar refractivity (Wildman–Crippen MR) is 72.1 cm³/mol. The average Bonchev–Trinajstić information content (AvgIpc) is 2.73. The van der Waals surface area contributed by atoms with Gasteiger partial charge in [0, 0.05) is 25.0 Å². The molecule has 2 heteroatoms. The number of rotatable bonds is 5. The molecule has 2 nitrogen and oxygen atoms in total. The summed E-state index contributed by atoms with van der Waals surface area (Å²) in [4.78, 5) is 0. The monoisotopic (exact) mass is 228 g/mol. The molecule has 0 saturated heterocycles. The second-order valence-electron chi connectivity index (χ2n) is 4.29. The quantitative estimate of drug-likeness (QED) is 0.832. The molecule has 0 atom stereocenters. The maximum atomic E-state index is 3.22. The summed E-state index contributed by atoms with van der Waals surface area (Å²) < 4.78 is 2.35. The summed E-state index contributed by atoms with van der Waals surface area (Å²) in [7, 11) is 1.99. The van der Waals surface area contributed by atoms with E-state index in [1.807, 2.05) is 7.05 Å². The van der Waals surface area contributed by atoms with Crippen molar-refractivity contribution in [2.75, 3.05) is 7.05 Å². The Balaban J connectivity index is 2.21. The van der Waals surface area contributed by atoms with E-state index in [0.717, 1.165) is 19.5 Å². The molecule has 2 aromatic rings. The molecule has 0 radical (unpaired) electrons. The van der Waals surface area contributed by atoms with Crippen LogP contribution in [0.5, 0.6) is 0 Å². The molecule has 90 valence electrons. The van der Waals surface area contributed by atoms with Gasteiger partial charge in [-0.3, -0.25) is 0 Å². The number of hydrogen-bond acceptors (Lipinski definition) is 1. The fourth-order valence-electron chi connectivity index (χ4n) is 2.26. The number of nitrogens with zero attached hydrogens (tertiary/aromatic N) is 1. The normalized spacial score (nSPS) is 10.7. The van der Waals surface area contributed by atoms with Crippen molar-refractivity contribution < 1.29 is 0 Å². The standard InChI is InChI=1S/C15H20N2/c1-3-15-14(11-16-2)9-10-17(15)12-13-7-5-4-6-8-13/h4-10,16H,3,11-12H2,1-2H3. The molecule has 0 aliphatic rings. The van der Waals surface area contributed by atoms with E-state index >= 15 is 0 Å². The van der Waals surface area contributed by atoms with Crippen LogP contribution in [0.2, 0.25) is 0 Å². The molecule has 1 heterocycles. The van der Waals surface area contributed by atoms with Crippen molar-refractivity contribution in [3.05, 3.63) is 59.4 Å². The van der Waals surface area contributed by atoms with Gasteiger partial charge in [-0.2, -0.15) is 0 Å². The summed E-state index contributed by atoms with van der Waals surface area (Å²) in [6.07, 6.45) is 3.27. The van der Waals surface area contributed by atoms with Crippen molar-refractivity contribution in [1.29, 1.82) is 0 Å². The van der Waals surface area contributed by atoms with Crippen LogP contribution in [-0.4, -0.2) is 11.6 Å². The second-order valence-corrected chi connectivity index (χ2v) is 4.29. The molecule has 1 aromatic carbocycles. The van der Waals surface area contributed by atoms with Crippen LogP contribution in [-0.2, 0) is 19.5 Å².